The number of carbonyl (C=O) groups excluding carboxylic acids is 1. The standard InChI is InChI=1S/C13H13N5O2S/c1-20-9-4-7(2-3-17-9)6-18-13-8(5-14)10(15)11(21-13)12(16)19/h2-4,18H,6,15H2,1H3,(H2,16,19). The van der Waals surface area contributed by atoms with Crippen molar-refractivity contribution in [2.45, 2.75) is 6.54 Å². The second-order valence-electron chi connectivity index (χ2n) is 4.09. The zero-order chi connectivity index (χ0) is 15.4. The topological polar surface area (TPSA) is 127 Å². The number of nitriles is 1. The van der Waals surface area contributed by atoms with Gasteiger partial charge in [-0.1, -0.05) is 0 Å². The third-order valence-corrected chi connectivity index (χ3v) is 3.92. The largest absolute Gasteiger partial charge is 0.481 e. The molecule has 0 spiro atoms. The molecule has 108 valence electrons. The number of rotatable bonds is 5. The van der Waals surface area contributed by atoms with Gasteiger partial charge in [-0.05, 0) is 11.6 Å². The van der Waals surface area contributed by atoms with E-state index in [1.165, 1.54) is 7.11 Å². The van der Waals surface area contributed by atoms with Gasteiger partial charge in [-0.15, -0.1) is 11.3 Å². The number of nitrogen functional groups attached to an aromatic ring is 1. The molecule has 0 saturated carbocycles. The van der Waals surface area contributed by atoms with Gasteiger partial charge in [0.05, 0.1) is 12.8 Å². The normalized spacial score (nSPS) is 9.90. The predicted octanol–water partition coefficient (Wildman–Crippen LogP) is 1.32. The first-order chi connectivity index (χ1) is 10.1. The fourth-order valence-corrected chi connectivity index (χ4v) is 2.64. The first-order valence-corrected chi connectivity index (χ1v) is 6.73. The number of aromatic nitrogens is 1. The second-order valence-corrected chi connectivity index (χ2v) is 5.11. The van der Waals surface area contributed by atoms with Crippen molar-refractivity contribution in [3.63, 3.8) is 0 Å². The number of carbonyl (C=O) groups is 1. The highest BCUT2D eigenvalue weighted by Gasteiger charge is 2.19. The summed E-state index contributed by atoms with van der Waals surface area (Å²) in [5, 5.41) is 12.7. The van der Waals surface area contributed by atoms with E-state index >= 15 is 0 Å². The molecular weight excluding hydrogens is 290 g/mol. The number of methoxy groups -OCH3 is 1. The van der Waals surface area contributed by atoms with Crippen molar-refractivity contribution in [2.24, 2.45) is 5.73 Å². The Kier molecular flexibility index (Phi) is 4.25. The fraction of sp³-hybridized carbons (Fsp3) is 0.154. The lowest BCUT2D eigenvalue weighted by Crippen LogP contribution is -2.10. The van der Waals surface area contributed by atoms with Gasteiger partial charge in [-0.25, -0.2) is 4.98 Å². The summed E-state index contributed by atoms with van der Waals surface area (Å²) in [4.78, 5) is 15.4. The predicted molar refractivity (Wildman–Crippen MR) is 80.1 cm³/mol. The van der Waals surface area contributed by atoms with Gasteiger partial charge in [0.1, 0.15) is 21.5 Å². The van der Waals surface area contributed by atoms with Crippen LogP contribution in [0, 0.1) is 11.3 Å². The molecule has 1 amide bonds. The van der Waals surface area contributed by atoms with Gasteiger partial charge >= 0.3 is 0 Å². The number of hydrogen-bond acceptors (Lipinski definition) is 7. The van der Waals surface area contributed by atoms with Gasteiger partial charge in [0.2, 0.25) is 5.88 Å². The molecule has 8 heteroatoms. The van der Waals surface area contributed by atoms with E-state index in [0.29, 0.717) is 17.4 Å². The third kappa shape index (κ3) is 3.04. The van der Waals surface area contributed by atoms with Crippen molar-refractivity contribution in [1.82, 2.24) is 4.98 Å². The second kappa shape index (κ2) is 6.11. The number of anilines is 2. The van der Waals surface area contributed by atoms with E-state index in [0.717, 1.165) is 16.9 Å². The Labute approximate surface area is 125 Å². The van der Waals surface area contributed by atoms with Crippen LogP contribution in [0.4, 0.5) is 10.7 Å². The highest BCUT2D eigenvalue weighted by Crippen LogP contribution is 2.35. The third-order valence-electron chi connectivity index (χ3n) is 2.74. The van der Waals surface area contributed by atoms with Crippen LogP contribution in [0.15, 0.2) is 18.3 Å². The lowest BCUT2D eigenvalue weighted by atomic mass is 10.2. The minimum Gasteiger partial charge on any atom is -0.481 e. The highest BCUT2D eigenvalue weighted by molar-refractivity contribution is 7.18. The number of nitrogens with zero attached hydrogens (tertiary/aromatic N) is 2. The van der Waals surface area contributed by atoms with Gasteiger partial charge in [0.25, 0.3) is 5.91 Å². The smallest absolute Gasteiger partial charge is 0.261 e. The van der Waals surface area contributed by atoms with E-state index < -0.39 is 5.91 Å². The van der Waals surface area contributed by atoms with E-state index in [1.807, 2.05) is 12.1 Å². The van der Waals surface area contributed by atoms with Crippen molar-refractivity contribution in [2.75, 3.05) is 18.2 Å². The number of thiophene rings is 1. The molecule has 0 radical (unpaired) electrons. The summed E-state index contributed by atoms with van der Waals surface area (Å²) in [6.45, 7) is 0.436. The molecule has 0 bridgehead atoms. The molecule has 0 aromatic carbocycles. The molecule has 5 N–H and O–H groups in total. The Bertz CT molecular complexity index is 720. The van der Waals surface area contributed by atoms with Crippen molar-refractivity contribution in [1.29, 1.82) is 5.26 Å². The molecule has 0 atom stereocenters. The maximum Gasteiger partial charge on any atom is 0.261 e. The minimum absolute atomic E-state index is 0.116. The van der Waals surface area contributed by atoms with Gasteiger partial charge in [0, 0.05) is 18.8 Å². The average Bonchev–Trinajstić information content (AvgIpc) is 2.81. The van der Waals surface area contributed by atoms with Crippen molar-refractivity contribution in [3.8, 4) is 11.9 Å². The Morgan fingerprint density at radius 2 is 2.38 bits per heavy atom. The molecule has 0 fully saturated rings. The summed E-state index contributed by atoms with van der Waals surface area (Å²) in [6, 6.07) is 5.56. The van der Waals surface area contributed by atoms with Crippen LogP contribution in [-0.4, -0.2) is 18.0 Å². The number of primary amides is 1. The van der Waals surface area contributed by atoms with Crippen molar-refractivity contribution in [3.05, 3.63) is 34.3 Å². The Morgan fingerprint density at radius 3 is 3.00 bits per heavy atom. The molecule has 0 saturated heterocycles. The molecule has 7 nitrogen and oxygen atoms in total. The minimum atomic E-state index is -0.646. The number of pyridine rings is 1. The molecule has 2 heterocycles. The number of amides is 1. The Balaban J connectivity index is 2.22. The van der Waals surface area contributed by atoms with E-state index in [1.54, 1.807) is 12.3 Å². The molecular formula is C13H13N5O2S. The van der Waals surface area contributed by atoms with Crippen LogP contribution in [0.1, 0.15) is 20.8 Å². The Morgan fingerprint density at radius 1 is 1.62 bits per heavy atom. The fourth-order valence-electron chi connectivity index (χ4n) is 1.72. The van der Waals surface area contributed by atoms with E-state index in [4.69, 9.17) is 21.5 Å². The van der Waals surface area contributed by atoms with Crippen LogP contribution in [0.2, 0.25) is 0 Å². The molecule has 2 rings (SSSR count). The summed E-state index contributed by atoms with van der Waals surface area (Å²) in [5.41, 5.74) is 12.2. The molecule has 2 aromatic rings. The van der Waals surface area contributed by atoms with Gasteiger partial charge in [-0.3, -0.25) is 4.79 Å². The van der Waals surface area contributed by atoms with Crippen LogP contribution in [0.3, 0.4) is 0 Å². The molecule has 2 aromatic heterocycles. The lowest BCUT2D eigenvalue weighted by molar-refractivity contribution is 0.100. The summed E-state index contributed by atoms with van der Waals surface area (Å²) in [7, 11) is 1.53. The van der Waals surface area contributed by atoms with Crippen LogP contribution in [0.25, 0.3) is 0 Å². The number of nitrogens with two attached hydrogens (primary N) is 2. The molecule has 21 heavy (non-hydrogen) atoms. The molecule has 0 unspecified atom stereocenters. The van der Waals surface area contributed by atoms with Gasteiger partial charge < -0.3 is 21.5 Å². The monoisotopic (exact) mass is 303 g/mol. The molecule has 0 aliphatic heterocycles. The first kappa shape index (κ1) is 14.6. The maximum absolute atomic E-state index is 11.3. The quantitative estimate of drug-likeness (QED) is 0.764. The summed E-state index contributed by atoms with van der Waals surface area (Å²) >= 11 is 1.07. The zero-order valence-corrected chi connectivity index (χ0v) is 12.0. The summed E-state index contributed by atoms with van der Waals surface area (Å²) in [6.07, 6.45) is 1.62. The van der Waals surface area contributed by atoms with Crippen LogP contribution in [0.5, 0.6) is 5.88 Å². The summed E-state index contributed by atoms with van der Waals surface area (Å²) in [5.74, 6) is -0.147. The van der Waals surface area contributed by atoms with E-state index in [-0.39, 0.29) is 16.1 Å². The lowest BCUT2D eigenvalue weighted by Gasteiger charge is -2.05. The number of nitrogens with one attached hydrogen (secondary N) is 1. The average molecular weight is 303 g/mol. The van der Waals surface area contributed by atoms with Crippen molar-refractivity contribution >= 4 is 27.9 Å². The first-order valence-electron chi connectivity index (χ1n) is 5.91. The van der Waals surface area contributed by atoms with Crippen LogP contribution in [-0.2, 0) is 6.54 Å². The summed E-state index contributed by atoms with van der Waals surface area (Å²) < 4.78 is 5.04. The maximum atomic E-state index is 11.3. The van der Waals surface area contributed by atoms with Crippen LogP contribution < -0.4 is 21.5 Å². The zero-order valence-electron chi connectivity index (χ0n) is 11.2. The number of hydrogen-bond donors (Lipinski definition) is 3. The van der Waals surface area contributed by atoms with Crippen LogP contribution >= 0.6 is 11.3 Å². The SMILES string of the molecule is COc1cc(CNc2sc(C(N)=O)c(N)c2C#N)ccn1. The van der Waals surface area contributed by atoms with Crippen molar-refractivity contribution < 1.29 is 9.53 Å². The van der Waals surface area contributed by atoms with E-state index in [2.05, 4.69) is 10.3 Å². The molecule has 0 aliphatic carbocycles. The molecule has 0 aliphatic rings. The number of ether oxygens (including phenoxy) is 1. The van der Waals surface area contributed by atoms with Gasteiger partial charge in [0.15, 0.2) is 0 Å². The highest BCUT2D eigenvalue weighted by atomic mass is 32.1. The van der Waals surface area contributed by atoms with Gasteiger partial charge in [-0.2, -0.15) is 5.26 Å². The van der Waals surface area contributed by atoms with E-state index in [9.17, 15) is 4.79 Å². The Hall–Kier alpha value is -2.79.